The van der Waals surface area contributed by atoms with Gasteiger partial charge in [-0.05, 0) is 43.4 Å². The molecule has 0 bridgehead atoms. The summed E-state index contributed by atoms with van der Waals surface area (Å²) in [6, 6.07) is 5.24. The summed E-state index contributed by atoms with van der Waals surface area (Å²) >= 11 is 11.8. The van der Waals surface area contributed by atoms with Gasteiger partial charge in [0.05, 0.1) is 22.0 Å². The Morgan fingerprint density at radius 2 is 2.05 bits per heavy atom. The van der Waals surface area contributed by atoms with Gasteiger partial charge in [0, 0.05) is 6.54 Å². The van der Waals surface area contributed by atoms with Crippen molar-refractivity contribution in [1.29, 1.82) is 0 Å². The van der Waals surface area contributed by atoms with Crippen LogP contribution in [0.1, 0.15) is 25.3 Å². The van der Waals surface area contributed by atoms with Crippen LogP contribution in [-0.4, -0.2) is 18.0 Å². The molecular weight excluding hydrogens is 319 g/mol. The Morgan fingerprint density at radius 3 is 2.55 bits per heavy atom. The average Bonchev–Trinajstić information content (AvgIpc) is 3.18. The first kappa shape index (κ1) is 17.6. The van der Waals surface area contributed by atoms with Gasteiger partial charge in [0.25, 0.3) is 0 Å². The van der Waals surface area contributed by atoms with Crippen molar-refractivity contribution < 1.29 is 4.79 Å². The fraction of sp³-hybridized carbons (Fsp3) is 0.500. The second-order valence-corrected chi connectivity index (χ2v) is 6.18. The second kappa shape index (κ2) is 6.99. The van der Waals surface area contributed by atoms with Crippen molar-refractivity contribution in [3.63, 3.8) is 0 Å². The van der Waals surface area contributed by atoms with Crippen molar-refractivity contribution in [2.45, 2.75) is 31.7 Å². The molecule has 1 aromatic carbocycles. The molecule has 3 N–H and O–H groups in total. The van der Waals surface area contributed by atoms with Gasteiger partial charge < -0.3 is 11.1 Å². The summed E-state index contributed by atoms with van der Waals surface area (Å²) in [4.78, 5) is 12.1. The van der Waals surface area contributed by atoms with Crippen LogP contribution < -0.4 is 11.1 Å². The highest BCUT2D eigenvalue weighted by Crippen LogP contribution is 2.39. The molecule has 1 unspecified atom stereocenters. The summed E-state index contributed by atoms with van der Waals surface area (Å²) in [6.07, 6.45) is 2.57. The Bertz CT molecular complexity index is 491. The summed E-state index contributed by atoms with van der Waals surface area (Å²) in [6.45, 7) is 2.47. The van der Waals surface area contributed by atoms with Crippen molar-refractivity contribution in [2.24, 2.45) is 11.7 Å². The van der Waals surface area contributed by atoms with Gasteiger partial charge in [0.1, 0.15) is 0 Å². The largest absolute Gasteiger partial charge is 0.349 e. The first-order valence-corrected chi connectivity index (χ1v) is 7.15. The van der Waals surface area contributed by atoms with Crippen LogP contribution in [0.4, 0.5) is 0 Å². The van der Waals surface area contributed by atoms with Crippen molar-refractivity contribution in [3.8, 4) is 0 Å². The van der Waals surface area contributed by atoms with Gasteiger partial charge in [-0.15, -0.1) is 12.4 Å². The third-order valence-corrected chi connectivity index (χ3v) is 4.42. The van der Waals surface area contributed by atoms with Crippen molar-refractivity contribution in [1.82, 2.24) is 5.32 Å². The third kappa shape index (κ3) is 4.26. The molecule has 0 saturated heterocycles. The number of nitrogens with one attached hydrogen (secondary N) is 1. The predicted octanol–water partition coefficient (Wildman–Crippen LogP) is 3.20. The van der Waals surface area contributed by atoms with E-state index in [-0.39, 0.29) is 23.9 Å². The maximum Gasteiger partial charge on any atom is 0.224 e. The quantitative estimate of drug-likeness (QED) is 0.867. The van der Waals surface area contributed by atoms with E-state index >= 15 is 0 Å². The molecule has 0 aromatic heterocycles. The Balaban J connectivity index is 0.00000200. The minimum Gasteiger partial charge on any atom is -0.349 e. The van der Waals surface area contributed by atoms with Gasteiger partial charge in [-0.25, -0.2) is 0 Å². The molecule has 0 aliphatic heterocycles. The average molecular weight is 338 g/mol. The van der Waals surface area contributed by atoms with E-state index in [0.29, 0.717) is 28.9 Å². The number of hydrogen-bond acceptors (Lipinski definition) is 2. The van der Waals surface area contributed by atoms with Crippen LogP contribution >= 0.6 is 35.6 Å². The van der Waals surface area contributed by atoms with E-state index in [1.165, 1.54) is 0 Å². The molecule has 1 atom stereocenters. The maximum absolute atomic E-state index is 12.1. The number of carbonyl (C=O) groups excluding carboxylic acids is 1. The third-order valence-electron chi connectivity index (χ3n) is 3.68. The van der Waals surface area contributed by atoms with Crippen LogP contribution in [-0.2, 0) is 11.2 Å². The molecule has 2 rings (SSSR count). The zero-order chi connectivity index (χ0) is 14.0. The van der Waals surface area contributed by atoms with Crippen molar-refractivity contribution in [2.75, 3.05) is 6.54 Å². The molecule has 6 heteroatoms. The van der Waals surface area contributed by atoms with Gasteiger partial charge in [-0.2, -0.15) is 0 Å². The summed E-state index contributed by atoms with van der Waals surface area (Å²) in [5.41, 5.74) is 6.35. The summed E-state index contributed by atoms with van der Waals surface area (Å²) in [5, 5.41) is 4.01. The number of halogens is 3. The minimum absolute atomic E-state index is 0. The summed E-state index contributed by atoms with van der Waals surface area (Å²) in [7, 11) is 0. The topological polar surface area (TPSA) is 55.1 Å². The number of amides is 1. The second-order valence-electron chi connectivity index (χ2n) is 5.37. The SMILES string of the molecule is CC(CN)(NC(=O)Cc1ccc(Cl)c(Cl)c1)C1CC1.Cl. The van der Waals surface area contributed by atoms with Crippen LogP contribution in [0.15, 0.2) is 18.2 Å². The molecular formula is C14H19Cl3N2O. The predicted molar refractivity (Wildman–Crippen MR) is 85.7 cm³/mol. The van der Waals surface area contributed by atoms with Crippen LogP contribution in [0.3, 0.4) is 0 Å². The number of carbonyl (C=O) groups is 1. The molecule has 1 aliphatic rings. The van der Waals surface area contributed by atoms with E-state index in [0.717, 1.165) is 18.4 Å². The highest BCUT2D eigenvalue weighted by molar-refractivity contribution is 6.42. The lowest BCUT2D eigenvalue weighted by molar-refractivity contribution is -0.122. The Labute approximate surface area is 135 Å². The smallest absolute Gasteiger partial charge is 0.224 e. The van der Waals surface area contributed by atoms with Gasteiger partial charge in [-0.1, -0.05) is 29.3 Å². The zero-order valence-electron chi connectivity index (χ0n) is 11.3. The highest BCUT2D eigenvalue weighted by Gasteiger charge is 2.41. The van der Waals surface area contributed by atoms with Crippen LogP contribution in [0.5, 0.6) is 0 Å². The number of nitrogens with two attached hydrogens (primary N) is 1. The minimum atomic E-state index is -0.284. The molecule has 1 aromatic rings. The van der Waals surface area contributed by atoms with Gasteiger partial charge in [-0.3, -0.25) is 4.79 Å². The first-order valence-electron chi connectivity index (χ1n) is 6.39. The fourth-order valence-electron chi connectivity index (χ4n) is 2.24. The molecule has 1 saturated carbocycles. The molecule has 20 heavy (non-hydrogen) atoms. The zero-order valence-corrected chi connectivity index (χ0v) is 13.6. The maximum atomic E-state index is 12.1. The van der Waals surface area contributed by atoms with Gasteiger partial charge >= 0.3 is 0 Å². The standard InChI is InChI=1S/C14H18Cl2N2O.ClH/c1-14(8-17,10-3-4-10)18-13(19)7-9-2-5-11(15)12(16)6-9;/h2,5-6,10H,3-4,7-8,17H2,1H3,(H,18,19);1H. The Hall–Kier alpha value is -0.480. The lowest BCUT2D eigenvalue weighted by atomic mass is 9.95. The lowest BCUT2D eigenvalue weighted by Gasteiger charge is -2.29. The summed E-state index contributed by atoms with van der Waals surface area (Å²) in [5.74, 6) is 0.480. The van der Waals surface area contributed by atoms with Crippen LogP contribution in [0.25, 0.3) is 0 Å². The Kier molecular flexibility index (Phi) is 6.14. The molecule has 112 valence electrons. The molecule has 0 radical (unpaired) electrons. The molecule has 1 fully saturated rings. The number of rotatable bonds is 5. The fourth-order valence-corrected chi connectivity index (χ4v) is 2.56. The first-order chi connectivity index (χ1) is 8.94. The lowest BCUT2D eigenvalue weighted by Crippen LogP contribution is -2.53. The van der Waals surface area contributed by atoms with Crippen molar-refractivity contribution in [3.05, 3.63) is 33.8 Å². The van der Waals surface area contributed by atoms with E-state index in [4.69, 9.17) is 28.9 Å². The van der Waals surface area contributed by atoms with E-state index in [2.05, 4.69) is 5.32 Å². The monoisotopic (exact) mass is 336 g/mol. The molecule has 1 amide bonds. The van der Waals surface area contributed by atoms with E-state index < -0.39 is 0 Å². The van der Waals surface area contributed by atoms with Crippen LogP contribution in [0.2, 0.25) is 10.0 Å². The number of hydrogen-bond donors (Lipinski definition) is 2. The van der Waals surface area contributed by atoms with Gasteiger partial charge in [0.15, 0.2) is 0 Å². The van der Waals surface area contributed by atoms with Gasteiger partial charge in [0.2, 0.25) is 5.91 Å². The van der Waals surface area contributed by atoms with Crippen LogP contribution in [0, 0.1) is 5.92 Å². The van der Waals surface area contributed by atoms with E-state index in [9.17, 15) is 4.79 Å². The summed E-state index contributed by atoms with van der Waals surface area (Å²) < 4.78 is 0. The number of benzene rings is 1. The molecule has 3 nitrogen and oxygen atoms in total. The van der Waals surface area contributed by atoms with Crippen molar-refractivity contribution >= 4 is 41.5 Å². The molecule has 0 spiro atoms. The molecule has 0 heterocycles. The molecule has 1 aliphatic carbocycles. The Morgan fingerprint density at radius 1 is 1.40 bits per heavy atom. The van der Waals surface area contributed by atoms with E-state index in [1.807, 2.05) is 13.0 Å². The van der Waals surface area contributed by atoms with E-state index in [1.54, 1.807) is 12.1 Å². The highest BCUT2D eigenvalue weighted by atomic mass is 35.5. The normalized spacial score (nSPS) is 17.0.